The average molecular weight is 358 g/mol. The van der Waals surface area contributed by atoms with E-state index in [0.29, 0.717) is 29.8 Å². The smallest absolute Gasteiger partial charge is 0.251 e. The molecule has 0 atom stereocenters. The molecule has 1 heterocycles. The third-order valence-corrected chi connectivity index (χ3v) is 5.64. The number of guanidine groups is 1. The van der Waals surface area contributed by atoms with Gasteiger partial charge in [-0.1, -0.05) is 18.9 Å². The lowest BCUT2D eigenvalue weighted by atomic mass is 9.86. The first kappa shape index (κ1) is 18.5. The molecule has 1 amide bonds. The number of carbonyl (C=O) groups is 1. The van der Waals surface area contributed by atoms with Crippen LogP contribution < -0.4 is 15.4 Å². The Balaban J connectivity index is 1.43. The van der Waals surface area contributed by atoms with E-state index in [1.165, 1.54) is 32.1 Å². The van der Waals surface area contributed by atoms with E-state index in [1.807, 2.05) is 19.2 Å². The van der Waals surface area contributed by atoms with Gasteiger partial charge in [0.05, 0.1) is 7.11 Å². The molecule has 1 aliphatic heterocycles. The van der Waals surface area contributed by atoms with Crippen LogP contribution in [0.2, 0.25) is 0 Å². The van der Waals surface area contributed by atoms with Crippen molar-refractivity contribution < 1.29 is 9.53 Å². The van der Waals surface area contributed by atoms with Gasteiger partial charge in [-0.2, -0.15) is 0 Å². The maximum absolute atomic E-state index is 12.2. The molecule has 3 rings (SSSR count). The molecule has 1 aromatic carbocycles. The molecular weight excluding hydrogens is 328 g/mol. The number of amides is 1. The Morgan fingerprint density at radius 3 is 2.73 bits per heavy atom. The van der Waals surface area contributed by atoms with E-state index in [-0.39, 0.29) is 5.91 Å². The lowest BCUT2D eigenvalue weighted by Crippen LogP contribution is -2.43. The number of carbonyl (C=O) groups excluding carboxylic acids is 1. The molecule has 2 aliphatic rings. The summed E-state index contributed by atoms with van der Waals surface area (Å²) in [4.78, 5) is 19.0. The van der Waals surface area contributed by atoms with Crippen LogP contribution in [0.4, 0.5) is 0 Å². The second-order valence-electron chi connectivity index (χ2n) is 7.34. The van der Waals surface area contributed by atoms with Crippen molar-refractivity contribution in [2.24, 2.45) is 10.4 Å². The molecular formula is C20H30N4O2. The number of nitrogens with zero attached hydrogens (tertiary/aromatic N) is 2. The van der Waals surface area contributed by atoms with Crippen molar-refractivity contribution in [2.45, 2.75) is 32.1 Å². The first-order chi connectivity index (χ1) is 12.7. The van der Waals surface area contributed by atoms with E-state index in [0.717, 1.165) is 19.0 Å². The molecule has 1 saturated heterocycles. The minimum atomic E-state index is -0.0910. The maximum Gasteiger partial charge on any atom is 0.251 e. The first-order valence-electron chi connectivity index (χ1n) is 9.54. The highest BCUT2D eigenvalue weighted by molar-refractivity contribution is 5.94. The zero-order valence-corrected chi connectivity index (χ0v) is 15.9. The van der Waals surface area contributed by atoms with Crippen LogP contribution in [-0.4, -0.2) is 57.1 Å². The number of nitrogens with one attached hydrogen (secondary N) is 2. The van der Waals surface area contributed by atoms with Crippen molar-refractivity contribution in [3.63, 3.8) is 0 Å². The van der Waals surface area contributed by atoms with Crippen LogP contribution in [0.5, 0.6) is 5.75 Å². The van der Waals surface area contributed by atoms with E-state index >= 15 is 0 Å². The Labute approximate surface area is 156 Å². The molecule has 142 valence electrons. The lowest BCUT2D eigenvalue weighted by molar-refractivity contribution is 0.0954. The van der Waals surface area contributed by atoms with E-state index in [1.54, 1.807) is 19.2 Å². The molecule has 6 heteroatoms. The van der Waals surface area contributed by atoms with Crippen molar-refractivity contribution in [1.82, 2.24) is 15.5 Å². The fourth-order valence-corrected chi connectivity index (χ4v) is 4.20. The van der Waals surface area contributed by atoms with Gasteiger partial charge in [-0.05, 0) is 42.9 Å². The molecule has 26 heavy (non-hydrogen) atoms. The predicted octanol–water partition coefficient (Wildman–Crippen LogP) is 2.27. The van der Waals surface area contributed by atoms with E-state index in [9.17, 15) is 4.79 Å². The summed E-state index contributed by atoms with van der Waals surface area (Å²) >= 11 is 0. The number of methoxy groups -OCH3 is 1. The zero-order valence-electron chi connectivity index (χ0n) is 15.9. The molecule has 2 fully saturated rings. The Morgan fingerprint density at radius 1 is 1.23 bits per heavy atom. The third kappa shape index (κ3) is 4.29. The van der Waals surface area contributed by atoms with Crippen LogP contribution in [0.25, 0.3) is 0 Å². The summed E-state index contributed by atoms with van der Waals surface area (Å²) in [5, 5.41) is 6.32. The van der Waals surface area contributed by atoms with Gasteiger partial charge < -0.3 is 20.3 Å². The van der Waals surface area contributed by atoms with Crippen LogP contribution in [0.15, 0.2) is 29.3 Å². The molecule has 1 aliphatic carbocycles. The van der Waals surface area contributed by atoms with Crippen molar-refractivity contribution in [3.05, 3.63) is 29.8 Å². The summed E-state index contributed by atoms with van der Waals surface area (Å²) in [5.41, 5.74) is 1.13. The molecule has 1 aromatic rings. The molecule has 1 spiro atoms. The standard InChI is InChI=1S/C20H30N4O2/c1-21-19(24-13-10-20(15-24)8-3-4-9-20)23-12-11-22-18(25)16-6-5-7-17(14-16)26-2/h5-7,14H,3-4,8-13,15H2,1-2H3,(H,21,23)(H,22,25). The molecule has 0 unspecified atom stereocenters. The van der Waals surface area contributed by atoms with Crippen LogP contribution in [0.1, 0.15) is 42.5 Å². The second-order valence-corrected chi connectivity index (χ2v) is 7.34. The lowest BCUT2D eigenvalue weighted by Gasteiger charge is -2.26. The second kappa shape index (κ2) is 8.43. The number of benzene rings is 1. The molecule has 0 radical (unpaired) electrons. The topological polar surface area (TPSA) is 66.0 Å². The average Bonchev–Trinajstić information content (AvgIpc) is 3.31. The Hall–Kier alpha value is -2.24. The monoisotopic (exact) mass is 358 g/mol. The number of hydrogen-bond donors (Lipinski definition) is 2. The summed E-state index contributed by atoms with van der Waals surface area (Å²) in [5.74, 6) is 1.54. The molecule has 0 bridgehead atoms. The van der Waals surface area contributed by atoms with Gasteiger partial charge in [0.2, 0.25) is 0 Å². The Kier molecular flexibility index (Phi) is 6.01. The van der Waals surface area contributed by atoms with Crippen molar-refractivity contribution in [2.75, 3.05) is 40.3 Å². The largest absolute Gasteiger partial charge is 0.497 e. The van der Waals surface area contributed by atoms with Gasteiger partial charge in [-0.15, -0.1) is 0 Å². The quantitative estimate of drug-likeness (QED) is 0.481. The van der Waals surface area contributed by atoms with Crippen LogP contribution in [0.3, 0.4) is 0 Å². The number of rotatable bonds is 5. The van der Waals surface area contributed by atoms with Gasteiger partial charge in [-0.25, -0.2) is 0 Å². The van der Waals surface area contributed by atoms with Crippen molar-refractivity contribution in [3.8, 4) is 5.75 Å². The van der Waals surface area contributed by atoms with Gasteiger partial charge in [0.25, 0.3) is 5.91 Å². The summed E-state index contributed by atoms with van der Waals surface area (Å²) in [7, 11) is 3.43. The fourth-order valence-electron chi connectivity index (χ4n) is 4.20. The van der Waals surface area contributed by atoms with Crippen LogP contribution in [0, 0.1) is 5.41 Å². The number of aliphatic imine (C=N–C) groups is 1. The summed E-state index contributed by atoms with van der Waals surface area (Å²) < 4.78 is 5.16. The summed E-state index contributed by atoms with van der Waals surface area (Å²) in [6.07, 6.45) is 6.74. The molecule has 1 saturated carbocycles. The van der Waals surface area contributed by atoms with E-state index in [2.05, 4.69) is 20.5 Å². The fraction of sp³-hybridized carbons (Fsp3) is 0.600. The normalized spacial score (nSPS) is 19.0. The first-order valence-corrected chi connectivity index (χ1v) is 9.54. The predicted molar refractivity (Wildman–Crippen MR) is 104 cm³/mol. The van der Waals surface area contributed by atoms with Crippen LogP contribution in [-0.2, 0) is 0 Å². The SMILES string of the molecule is CN=C(NCCNC(=O)c1cccc(OC)c1)N1CCC2(CCCC2)C1. The number of hydrogen-bond acceptors (Lipinski definition) is 3. The van der Waals surface area contributed by atoms with Gasteiger partial charge >= 0.3 is 0 Å². The highest BCUT2D eigenvalue weighted by atomic mass is 16.5. The van der Waals surface area contributed by atoms with Gasteiger partial charge in [0.1, 0.15) is 5.75 Å². The molecule has 2 N–H and O–H groups in total. The minimum Gasteiger partial charge on any atom is -0.497 e. The Bertz CT molecular complexity index is 653. The number of ether oxygens (including phenoxy) is 1. The van der Waals surface area contributed by atoms with E-state index in [4.69, 9.17) is 4.74 Å². The molecule has 6 nitrogen and oxygen atoms in total. The highest BCUT2D eigenvalue weighted by Crippen LogP contribution is 2.45. The summed E-state index contributed by atoms with van der Waals surface area (Å²) in [6.45, 7) is 3.40. The third-order valence-electron chi connectivity index (χ3n) is 5.64. The minimum absolute atomic E-state index is 0.0910. The van der Waals surface area contributed by atoms with Crippen molar-refractivity contribution >= 4 is 11.9 Å². The molecule has 0 aromatic heterocycles. The zero-order chi connectivity index (χ0) is 18.4. The highest BCUT2D eigenvalue weighted by Gasteiger charge is 2.40. The van der Waals surface area contributed by atoms with Gasteiger partial charge in [-0.3, -0.25) is 9.79 Å². The van der Waals surface area contributed by atoms with Gasteiger partial charge in [0.15, 0.2) is 5.96 Å². The maximum atomic E-state index is 12.2. The summed E-state index contributed by atoms with van der Waals surface area (Å²) in [6, 6.07) is 7.18. The van der Waals surface area contributed by atoms with Crippen LogP contribution >= 0.6 is 0 Å². The van der Waals surface area contributed by atoms with Gasteiger partial charge in [0, 0.05) is 38.8 Å². The van der Waals surface area contributed by atoms with E-state index < -0.39 is 0 Å². The Morgan fingerprint density at radius 2 is 2.00 bits per heavy atom. The van der Waals surface area contributed by atoms with Crippen molar-refractivity contribution in [1.29, 1.82) is 0 Å². The number of likely N-dealkylation sites (tertiary alicyclic amines) is 1.